The topological polar surface area (TPSA) is 71.8 Å². The lowest BCUT2D eigenvalue weighted by molar-refractivity contribution is -0.0990. The van der Waals surface area contributed by atoms with E-state index in [1.165, 1.54) is 0 Å². The fraction of sp³-hybridized carbons (Fsp3) is 0.478. The Labute approximate surface area is 170 Å². The molecule has 1 saturated carbocycles. The average molecular weight is 396 g/mol. The highest BCUT2D eigenvalue weighted by molar-refractivity contribution is 5.70. The first-order valence-corrected chi connectivity index (χ1v) is 10.3. The van der Waals surface area contributed by atoms with E-state index in [1.807, 2.05) is 37.3 Å². The number of amides is 1. The summed E-state index contributed by atoms with van der Waals surface area (Å²) in [6, 6.07) is 11.4. The molecule has 1 aliphatic carbocycles. The van der Waals surface area contributed by atoms with Crippen molar-refractivity contribution in [1.29, 1.82) is 0 Å². The molecule has 154 valence electrons. The van der Waals surface area contributed by atoms with Gasteiger partial charge in [-0.15, -0.1) is 0 Å². The maximum absolute atomic E-state index is 12.7. The summed E-state index contributed by atoms with van der Waals surface area (Å²) in [5.74, 6) is 0. The number of aliphatic hydroxyl groups is 1. The molecule has 1 spiro atoms. The summed E-state index contributed by atoms with van der Waals surface area (Å²) >= 11 is 0. The van der Waals surface area contributed by atoms with Crippen molar-refractivity contribution < 1.29 is 14.6 Å². The van der Waals surface area contributed by atoms with Crippen LogP contribution in [0.4, 0.5) is 4.79 Å². The highest BCUT2D eigenvalue weighted by atomic mass is 16.6. The number of ether oxygens (including phenoxy) is 1. The number of carbonyl (C=O) groups is 1. The summed E-state index contributed by atoms with van der Waals surface area (Å²) in [5.41, 5.74) is 2.33. The second-order valence-corrected chi connectivity index (χ2v) is 8.41. The van der Waals surface area contributed by atoms with Crippen molar-refractivity contribution in [3.63, 3.8) is 0 Å². The fourth-order valence-electron chi connectivity index (χ4n) is 4.54. The molecule has 1 saturated heterocycles. The molecular weight excluding hydrogens is 368 g/mol. The maximum Gasteiger partial charge on any atom is 0.410 e. The lowest BCUT2D eigenvalue weighted by atomic mass is 9.80. The van der Waals surface area contributed by atoms with Gasteiger partial charge in [0.25, 0.3) is 5.56 Å². The molecule has 1 unspecified atom stereocenters. The average Bonchev–Trinajstić information content (AvgIpc) is 2.70. The molecule has 0 radical (unpaired) electrons. The number of hydrogen-bond donors (Lipinski definition) is 1. The van der Waals surface area contributed by atoms with Crippen LogP contribution in [0.3, 0.4) is 0 Å². The second-order valence-electron chi connectivity index (χ2n) is 8.41. The van der Waals surface area contributed by atoms with Crippen LogP contribution in [0.5, 0.6) is 0 Å². The summed E-state index contributed by atoms with van der Waals surface area (Å²) in [6.07, 6.45) is 4.92. The predicted octanol–water partition coefficient (Wildman–Crippen LogP) is 3.63. The Morgan fingerprint density at radius 3 is 2.55 bits per heavy atom. The van der Waals surface area contributed by atoms with E-state index in [2.05, 4.69) is 0 Å². The van der Waals surface area contributed by atoms with Crippen molar-refractivity contribution in [2.75, 3.05) is 6.54 Å². The van der Waals surface area contributed by atoms with E-state index < -0.39 is 5.60 Å². The summed E-state index contributed by atoms with van der Waals surface area (Å²) in [7, 11) is 1.73. The monoisotopic (exact) mass is 396 g/mol. The van der Waals surface area contributed by atoms with Crippen molar-refractivity contribution in [3.8, 4) is 11.1 Å². The lowest BCUT2D eigenvalue weighted by Gasteiger charge is -2.46. The zero-order valence-corrected chi connectivity index (χ0v) is 17.0. The van der Waals surface area contributed by atoms with Gasteiger partial charge in [-0.25, -0.2) is 4.79 Å². The van der Waals surface area contributed by atoms with Crippen LogP contribution >= 0.6 is 0 Å². The number of carbonyl (C=O) groups excluding carboxylic acids is 1. The largest absolute Gasteiger partial charge is 0.443 e. The van der Waals surface area contributed by atoms with Crippen LogP contribution < -0.4 is 5.56 Å². The third-order valence-electron chi connectivity index (χ3n) is 6.42. The SMILES string of the molecule is C[C@@H](c1ccc(-c2ccn(C)c(=O)c2)cc1)N1CC[C@@]2(CCCC(O)C2)OC1=O. The number of aryl methyl sites for hydroxylation is 1. The van der Waals surface area contributed by atoms with E-state index in [0.29, 0.717) is 13.0 Å². The van der Waals surface area contributed by atoms with Gasteiger partial charge < -0.3 is 19.3 Å². The second kappa shape index (κ2) is 7.67. The fourth-order valence-corrected chi connectivity index (χ4v) is 4.54. The number of nitrogens with zero attached hydrogens (tertiary/aromatic N) is 2. The lowest BCUT2D eigenvalue weighted by Crippen LogP contribution is -2.52. The van der Waals surface area contributed by atoms with Crippen LogP contribution in [0, 0.1) is 0 Å². The van der Waals surface area contributed by atoms with Crippen molar-refractivity contribution in [2.24, 2.45) is 7.05 Å². The van der Waals surface area contributed by atoms with Gasteiger partial charge in [0.15, 0.2) is 0 Å². The quantitative estimate of drug-likeness (QED) is 0.860. The molecule has 4 rings (SSSR count). The van der Waals surface area contributed by atoms with Crippen LogP contribution in [0.1, 0.15) is 50.6 Å². The van der Waals surface area contributed by atoms with Gasteiger partial charge in [-0.1, -0.05) is 24.3 Å². The summed E-state index contributed by atoms with van der Waals surface area (Å²) in [4.78, 5) is 26.4. The summed E-state index contributed by atoms with van der Waals surface area (Å²) in [5, 5.41) is 9.99. The van der Waals surface area contributed by atoms with Crippen molar-refractivity contribution >= 4 is 6.09 Å². The number of benzene rings is 1. The van der Waals surface area contributed by atoms with E-state index in [4.69, 9.17) is 4.74 Å². The van der Waals surface area contributed by atoms with Gasteiger partial charge in [-0.2, -0.15) is 0 Å². The minimum Gasteiger partial charge on any atom is -0.443 e. The standard InChI is InChI=1S/C23H28N2O4/c1-16(25-13-11-23(29-22(25)28)10-3-4-20(26)15-23)17-5-7-18(8-6-17)19-9-12-24(2)21(27)14-19/h5-9,12,14,16,20,26H,3-4,10-11,13,15H2,1-2H3/t16-,20?,23+/m0/s1. The molecule has 1 aliphatic heterocycles. The van der Waals surface area contributed by atoms with Crippen molar-refractivity contribution in [3.05, 3.63) is 58.5 Å². The minimum atomic E-state index is -0.492. The maximum atomic E-state index is 12.7. The van der Waals surface area contributed by atoms with Gasteiger partial charge in [0.2, 0.25) is 0 Å². The Morgan fingerprint density at radius 1 is 1.14 bits per heavy atom. The number of aliphatic hydroxyl groups excluding tert-OH is 1. The molecule has 0 bridgehead atoms. The molecule has 6 heteroatoms. The van der Waals surface area contributed by atoms with E-state index in [1.54, 1.807) is 28.8 Å². The van der Waals surface area contributed by atoms with E-state index in [0.717, 1.165) is 42.4 Å². The molecule has 1 aromatic heterocycles. The zero-order valence-electron chi connectivity index (χ0n) is 17.0. The number of pyridine rings is 1. The highest BCUT2D eigenvalue weighted by Crippen LogP contribution is 2.39. The molecule has 1 N–H and O–H groups in total. The van der Waals surface area contributed by atoms with E-state index in [9.17, 15) is 14.7 Å². The minimum absolute atomic E-state index is 0.0437. The Balaban J connectivity index is 1.47. The van der Waals surface area contributed by atoms with Crippen LogP contribution in [0.15, 0.2) is 47.4 Å². The molecule has 2 aliphatic rings. The molecular formula is C23H28N2O4. The van der Waals surface area contributed by atoms with Gasteiger partial charge >= 0.3 is 6.09 Å². The van der Waals surface area contributed by atoms with Gasteiger partial charge in [-0.05, 0) is 48.9 Å². The predicted molar refractivity (Wildman–Crippen MR) is 111 cm³/mol. The van der Waals surface area contributed by atoms with Crippen LogP contribution in [-0.2, 0) is 11.8 Å². The van der Waals surface area contributed by atoms with Gasteiger partial charge in [0.05, 0.1) is 12.1 Å². The summed E-state index contributed by atoms with van der Waals surface area (Å²) in [6.45, 7) is 2.63. The van der Waals surface area contributed by atoms with Gasteiger partial charge in [0, 0.05) is 38.7 Å². The smallest absolute Gasteiger partial charge is 0.410 e. The third kappa shape index (κ3) is 3.94. The van der Waals surface area contributed by atoms with Gasteiger partial charge in [0.1, 0.15) is 5.60 Å². The van der Waals surface area contributed by atoms with Crippen LogP contribution in [-0.4, -0.2) is 38.9 Å². The van der Waals surface area contributed by atoms with Crippen molar-refractivity contribution in [2.45, 2.75) is 56.8 Å². The molecule has 3 atom stereocenters. The Bertz CT molecular complexity index is 952. The first-order valence-electron chi connectivity index (χ1n) is 10.3. The normalized spacial score (nSPS) is 25.7. The molecule has 29 heavy (non-hydrogen) atoms. The van der Waals surface area contributed by atoms with Crippen molar-refractivity contribution in [1.82, 2.24) is 9.47 Å². The van der Waals surface area contributed by atoms with E-state index >= 15 is 0 Å². The van der Waals surface area contributed by atoms with Crippen LogP contribution in [0.25, 0.3) is 11.1 Å². The summed E-state index contributed by atoms with van der Waals surface area (Å²) < 4.78 is 7.39. The third-order valence-corrected chi connectivity index (χ3v) is 6.42. The first-order chi connectivity index (χ1) is 13.9. The first kappa shape index (κ1) is 19.7. The molecule has 2 aromatic rings. The molecule has 2 fully saturated rings. The molecule has 1 aromatic carbocycles. The number of rotatable bonds is 3. The number of aromatic nitrogens is 1. The van der Waals surface area contributed by atoms with E-state index in [-0.39, 0.29) is 23.8 Å². The highest BCUT2D eigenvalue weighted by Gasteiger charge is 2.44. The van der Waals surface area contributed by atoms with Crippen LogP contribution in [0.2, 0.25) is 0 Å². The Kier molecular flexibility index (Phi) is 5.21. The zero-order chi connectivity index (χ0) is 20.6. The van der Waals surface area contributed by atoms with Gasteiger partial charge in [-0.3, -0.25) is 4.79 Å². The molecule has 2 heterocycles. The Hall–Kier alpha value is -2.60. The molecule has 6 nitrogen and oxygen atoms in total. The molecule has 1 amide bonds. The number of hydrogen-bond acceptors (Lipinski definition) is 4. The Morgan fingerprint density at radius 2 is 1.90 bits per heavy atom.